The molecule has 30 heavy (non-hydrogen) atoms. The van der Waals surface area contributed by atoms with Gasteiger partial charge in [-0.2, -0.15) is 4.98 Å². The lowest BCUT2D eigenvalue weighted by Crippen LogP contribution is -2.30. The maximum Gasteiger partial charge on any atom is 0.243 e. The standard InChI is InChI=1S/C23H27N7/c1-23(2)11-8-15(9-12-23)26-22-28-21(24-3)20-16(10-14-30(20)29-22)17-6-7-18-19(27-17)5-4-13-25-18/h4-7,10,13-15H,8-9,11-12H2,1-3H3,(H2,24,26,28,29). The van der Waals surface area contributed by atoms with Crippen LogP contribution in [0.5, 0.6) is 0 Å². The predicted molar refractivity (Wildman–Crippen MR) is 121 cm³/mol. The molecule has 4 aromatic heterocycles. The number of anilines is 2. The van der Waals surface area contributed by atoms with Gasteiger partial charge in [0.05, 0.1) is 16.7 Å². The van der Waals surface area contributed by atoms with E-state index in [1.54, 1.807) is 6.20 Å². The van der Waals surface area contributed by atoms with Gasteiger partial charge in [-0.3, -0.25) is 4.98 Å². The second kappa shape index (κ2) is 7.23. The summed E-state index contributed by atoms with van der Waals surface area (Å²) in [5.74, 6) is 1.45. The Hall–Kier alpha value is -3.22. The van der Waals surface area contributed by atoms with E-state index >= 15 is 0 Å². The Morgan fingerprint density at radius 1 is 1.03 bits per heavy atom. The molecular weight excluding hydrogens is 374 g/mol. The van der Waals surface area contributed by atoms with E-state index in [0.29, 0.717) is 17.4 Å². The summed E-state index contributed by atoms with van der Waals surface area (Å²) in [6.07, 6.45) is 8.50. The summed E-state index contributed by atoms with van der Waals surface area (Å²) in [6.45, 7) is 4.70. The van der Waals surface area contributed by atoms with Crippen LogP contribution in [0, 0.1) is 5.41 Å². The molecule has 154 valence electrons. The molecule has 0 spiro atoms. The number of hydrogen-bond donors (Lipinski definition) is 2. The summed E-state index contributed by atoms with van der Waals surface area (Å²) in [6, 6.07) is 10.4. The van der Waals surface area contributed by atoms with Gasteiger partial charge < -0.3 is 10.6 Å². The minimum Gasteiger partial charge on any atom is -0.371 e. The van der Waals surface area contributed by atoms with E-state index in [-0.39, 0.29) is 0 Å². The molecule has 0 aromatic carbocycles. The monoisotopic (exact) mass is 401 g/mol. The van der Waals surface area contributed by atoms with E-state index in [1.807, 2.05) is 48.1 Å². The van der Waals surface area contributed by atoms with Crippen LogP contribution in [0.3, 0.4) is 0 Å². The van der Waals surface area contributed by atoms with Crippen molar-refractivity contribution in [2.75, 3.05) is 17.7 Å². The van der Waals surface area contributed by atoms with E-state index in [0.717, 1.165) is 46.5 Å². The molecule has 1 aliphatic rings. The fourth-order valence-corrected chi connectivity index (χ4v) is 4.30. The van der Waals surface area contributed by atoms with Crippen LogP contribution in [0.2, 0.25) is 0 Å². The molecule has 0 atom stereocenters. The van der Waals surface area contributed by atoms with Crippen molar-refractivity contribution in [3.05, 3.63) is 42.7 Å². The lowest BCUT2D eigenvalue weighted by Gasteiger charge is -2.34. The second-order valence-corrected chi connectivity index (χ2v) is 8.88. The van der Waals surface area contributed by atoms with Crippen LogP contribution in [0.25, 0.3) is 27.8 Å². The lowest BCUT2D eigenvalue weighted by atomic mass is 9.76. The van der Waals surface area contributed by atoms with E-state index in [2.05, 4.69) is 29.5 Å². The van der Waals surface area contributed by atoms with Crippen LogP contribution in [0.4, 0.5) is 11.8 Å². The maximum absolute atomic E-state index is 4.80. The van der Waals surface area contributed by atoms with Gasteiger partial charge in [0, 0.05) is 31.0 Å². The first-order chi connectivity index (χ1) is 14.5. The molecule has 7 nitrogen and oxygen atoms in total. The Labute approximate surface area is 176 Å². The molecule has 4 heterocycles. The van der Waals surface area contributed by atoms with Crippen molar-refractivity contribution in [2.45, 2.75) is 45.6 Å². The predicted octanol–water partition coefficient (Wildman–Crippen LogP) is 4.76. The highest BCUT2D eigenvalue weighted by Crippen LogP contribution is 2.36. The molecule has 0 amide bonds. The number of pyridine rings is 2. The van der Waals surface area contributed by atoms with E-state index in [1.165, 1.54) is 12.8 Å². The number of fused-ring (bicyclic) bond motifs is 2. The summed E-state index contributed by atoms with van der Waals surface area (Å²) in [4.78, 5) is 13.9. The van der Waals surface area contributed by atoms with Gasteiger partial charge in [-0.1, -0.05) is 13.8 Å². The molecule has 1 aliphatic carbocycles. The van der Waals surface area contributed by atoms with Gasteiger partial charge >= 0.3 is 0 Å². The number of rotatable bonds is 4. The Kier molecular flexibility index (Phi) is 4.53. The molecule has 0 saturated heterocycles. The third-order valence-corrected chi connectivity index (χ3v) is 6.15. The number of aromatic nitrogens is 5. The molecule has 4 aromatic rings. The first kappa shape index (κ1) is 18.8. The SMILES string of the molecule is CNc1nc(NC2CCC(C)(C)CC2)nn2ccc(-c3ccc4ncccc4n3)c12. The Balaban J connectivity index is 1.49. The normalized spacial score (nSPS) is 16.8. The summed E-state index contributed by atoms with van der Waals surface area (Å²) < 4.78 is 1.89. The van der Waals surface area contributed by atoms with Crippen molar-refractivity contribution < 1.29 is 0 Å². The minimum atomic E-state index is 0.421. The van der Waals surface area contributed by atoms with Crippen LogP contribution in [0.1, 0.15) is 39.5 Å². The van der Waals surface area contributed by atoms with E-state index in [4.69, 9.17) is 15.1 Å². The smallest absolute Gasteiger partial charge is 0.243 e. The van der Waals surface area contributed by atoms with E-state index < -0.39 is 0 Å². The Morgan fingerprint density at radius 2 is 1.87 bits per heavy atom. The molecule has 2 N–H and O–H groups in total. The topological polar surface area (TPSA) is 80.0 Å². The highest BCUT2D eigenvalue weighted by Gasteiger charge is 2.27. The summed E-state index contributed by atoms with van der Waals surface area (Å²) in [5, 5.41) is 11.5. The van der Waals surface area contributed by atoms with Gasteiger partial charge in [0.15, 0.2) is 5.82 Å². The van der Waals surface area contributed by atoms with Crippen molar-refractivity contribution >= 4 is 28.3 Å². The largest absolute Gasteiger partial charge is 0.371 e. The summed E-state index contributed by atoms with van der Waals surface area (Å²) >= 11 is 0. The van der Waals surface area contributed by atoms with Gasteiger partial charge in [0.1, 0.15) is 5.52 Å². The highest BCUT2D eigenvalue weighted by molar-refractivity contribution is 5.89. The summed E-state index contributed by atoms with van der Waals surface area (Å²) in [5.41, 5.74) is 5.00. The molecular formula is C23H27N7. The van der Waals surface area contributed by atoms with Crippen molar-refractivity contribution in [3.8, 4) is 11.3 Å². The van der Waals surface area contributed by atoms with Crippen LogP contribution < -0.4 is 10.6 Å². The van der Waals surface area contributed by atoms with Crippen molar-refractivity contribution in [2.24, 2.45) is 5.41 Å². The van der Waals surface area contributed by atoms with E-state index in [9.17, 15) is 0 Å². The molecule has 0 bridgehead atoms. The maximum atomic E-state index is 4.80. The molecule has 0 unspecified atom stereocenters. The van der Waals surface area contributed by atoms with Gasteiger partial charge in [-0.25, -0.2) is 9.50 Å². The molecule has 0 aliphatic heterocycles. The Morgan fingerprint density at radius 3 is 2.67 bits per heavy atom. The zero-order valence-electron chi connectivity index (χ0n) is 17.7. The average Bonchev–Trinajstić information content (AvgIpc) is 3.18. The van der Waals surface area contributed by atoms with Gasteiger partial charge in [0.25, 0.3) is 0 Å². The minimum absolute atomic E-state index is 0.421. The third-order valence-electron chi connectivity index (χ3n) is 6.15. The second-order valence-electron chi connectivity index (χ2n) is 8.88. The Bertz CT molecular complexity index is 1200. The first-order valence-electron chi connectivity index (χ1n) is 10.6. The number of nitrogens with zero attached hydrogens (tertiary/aromatic N) is 5. The van der Waals surface area contributed by atoms with Crippen molar-refractivity contribution in [1.29, 1.82) is 0 Å². The zero-order valence-corrected chi connectivity index (χ0v) is 17.7. The van der Waals surface area contributed by atoms with Crippen molar-refractivity contribution in [1.82, 2.24) is 24.6 Å². The van der Waals surface area contributed by atoms with Gasteiger partial charge in [-0.05, 0) is 61.4 Å². The first-order valence-corrected chi connectivity index (χ1v) is 10.6. The highest BCUT2D eigenvalue weighted by atomic mass is 15.3. The lowest BCUT2D eigenvalue weighted by molar-refractivity contribution is 0.232. The number of hydrogen-bond acceptors (Lipinski definition) is 6. The third kappa shape index (κ3) is 3.44. The van der Waals surface area contributed by atoms with Crippen LogP contribution in [-0.4, -0.2) is 37.7 Å². The average molecular weight is 402 g/mol. The van der Waals surface area contributed by atoms with Gasteiger partial charge in [-0.15, -0.1) is 5.10 Å². The fraction of sp³-hybridized carbons (Fsp3) is 0.391. The van der Waals surface area contributed by atoms with Crippen LogP contribution in [-0.2, 0) is 0 Å². The molecule has 5 rings (SSSR count). The molecule has 0 radical (unpaired) electrons. The van der Waals surface area contributed by atoms with Gasteiger partial charge in [0.2, 0.25) is 5.95 Å². The molecule has 7 heteroatoms. The summed E-state index contributed by atoms with van der Waals surface area (Å²) in [7, 11) is 1.89. The quantitative estimate of drug-likeness (QED) is 0.513. The number of nitrogens with one attached hydrogen (secondary N) is 2. The van der Waals surface area contributed by atoms with Crippen LogP contribution in [0.15, 0.2) is 42.7 Å². The van der Waals surface area contributed by atoms with Crippen LogP contribution >= 0.6 is 0 Å². The molecule has 1 fully saturated rings. The fourth-order valence-electron chi connectivity index (χ4n) is 4.30. The molecule has 1 saturated carbocycles. The van der Waals surface area contributed by atoms with Crippen molar-refractivity contribution in [3.63, 3.8) is 0 Å². The zero-order chi connectivity index (χ0) is 20.7.